The number of rotatable bonds is 4. The van der Waals surface area contributed by atoms with Crippen molar-refractivity contribution in [2.45, 2.75) is 18.4 Å². The summed E-state index contributed by atoms with van der Waals surface area (Å²) in [5, 5.41) is 3.61. The van der Waals surface area contributed by atoms with Gasteiger partial charge in [0, 0.05) is 22.0 Å². The van der Waals surface area contributed by atoms with Crippen LogP contribution >= 0.6 is 23.4 Å². The highest BCUT2D eigenvalue weighted by atomic mass is 35.5. The van der Waals surface area contributed by atoms with Crippen LogP contribution in [0, 0.1) is 6.92 Å². The average Bonchev–Trinajstić information content (AvgIpc) is 2.45. The number of carbonyl (C=O) groups excluding carboxylic acids is 1. The van der Waals surface area contributed by atoms with Gasteiger partial charge < -0.3 is 5.32 Å². The number of hydrogen-bond donors (Lipinski definition) is 1. The molecule has 1 amide bonds. The topological polar surface area (TPSA) is 29.1 Å². The number of aryl methyl sites for hydroxylation is 1. The molecule has 0 saturated carbocycles. The Morgan fingerprint density at radius 2 is 2.05 bits per heavy atom. The first-order chi connectivity index (χ1) is 9.60. The highest BCUT2D eigenvalue weighted by Gasteiger charge is 2.09. The SMILES string of the molecule is CSc1ccc(C)c(C(=O)NCc2cccc(Cl)c2)c1. The third kappa shape index (κ3) is 3.78. The summed E-state index contributed by atoms with van der Waals surface area (Å²) in [7, 11) is 0. The van der Waals surface area contributed by atoms with Crippen molar-refractivity contribution >= 4 is 29.3 Å². The molecule has 2 nitrogen and oxygen atoms in total. The summed E-state index contributed by atoms with van der Waals surface area (Å²) in [6.07, 6.45) is 2.00. The second kappa shape index (κ2) is 6.82. The maximum Gasteiger partial charge on any atom is 0.251 e. The summed E-state index contributed by atoms with van der Waals surface area (Å²) in [6, 6.07) is 13.4. The van der Waals surface area contributed by atoms with Crippen LogP contribution in [0.1, 0.15) is 21.5 Å². The Morgan fingerprint density at radius 3 is 2.75 bits per heavy atom. The monoisotopic (exact) mass is 305 g/mol. The third-order valence-corrected chi connectivity index (χ3v) is 3.99. The van der Waals surface area contributed by atoms with E-state index < -0.39 is 0 Å². The minimum Gasteiger partial charge on any atom is -0.348 e. The summed E-state index contributed by atoms with van der Waals surface area (Å²) in [4.78, 5) is 13.3. The fourth-order valence-electron chi connectivity index (χ4n) is 1.90. The molecule has 0 aromatic heterocycles. The number of benzene rings is 2. The van der Waals surface area contributed by atoms with Gasteiger partial charge in [0.25, 0.3) is 5.91 Å². The van der Waals surface area contributed by atoms with Crippen LogP contribution in [0.5, 0.6) is 0 Å². The zero-order chi connectivity index (χ0) is 14.5. The van der Waals surface area contributed by atoms with Gasteiger partial charge in [-0.1, -0.05) is 29.8 Å². The Morgan fingerprint density at radius 1 is 1.25 bits per heavy atom. The van der Waals surface area contributed by atoms with E-state index in [2.05, 4.69) is 5.32 Å². The van der Waals surface area contributed by atoms with Gasteiger partial charge in [0.15, 0.2) is 0 Å². The fourth-order valence-corrected chi connectivity index (χ4v) is 2.55. The molecule has 0 aliphatic heterocycles. The van der Waals surface area contributed by atoms with Gasteiger partial charge in [0.2, 0.25) is 0 Å². The molecule has 2 aromatic carbocycles. The van der Waals surface area contributed by atoms with Crippen LogP contribution in [0.25, 0.3) is 0 Å². The lowest BCUT2D eigenvalue weighted by atomic mass is 10.1. The van der Waals surface area contributed by atoms with Crippen molar-refractivity contribution in [3.63, 3.8) is 0 Å². The maximum absolute atomic E-state index is 12.2. The lowest BCUT2D eigenvalue weighted by molar-refractivity contribution is 0.0950. The molecule has 0 heterocycles. The molecule has 0 spiro atoms. The number of amides is 1. The maximum atomic E-state index is 12.2. The molecule has 0 atom stereocenters. The van der Waals surface area contributed by atoms with Crippen molar-refractivity contribution < 1.29 is 4.79 Å². The first-order valence-electron chi connectivity index (χ1n) is 6.27. The van der Waals surface area contributed by atoms with Crippen LogP contribution in [0.15, 0.2) is 47.4 Å². The molecule has 1 N–H and O–H groups in total. The third-order valence-electron chi connectivity index (χ3n) is 3.03. The normalized spacial score (nSPS) is 10.3. The number of carbonyl (C=O) groups is 1. The van der Waals surface area contributed by atoms with Crippen molar-refractivity contribution in [3.8, 4) is 0 Å². The molecule has 0 aliphatic carbocycles. The predicted octanol–water partition coefficient (Wildman–Crippen LogP) is 4.30. The molecule has 0 radical (unpaired) electrons. The summed E-state index contributed by atoms with van der Waals surface area (Å²) >= 11 is 7.55. The van der Waals surface area contributed by atoms with E-state index in [9.17, 15) is 4.79 Å². The van der Waals surface area contributed by atoms with Gasteiger partial charge in [-0.15, -0.1) is 11.8 Å². The minimum atomic E-state index is -0.0571. The summed E-state index contributed by atoms with van der Waals surface area (Å²) in [6.45, 7) is 2.42. The Labute approximate surface area is 128 Å². The van der Waals surface area contributed by atoms with E-state index in [1.165, 1.54) is 0 Å². The van der Waals surface area contributed by atoms with Gasteiger partial charge in [-0.3, -0.25) is 4.79 Å². The van der Waals surface area contributed by atoms with Crippen LogP contribution in [0.2, 0.25) is 5.02 Å². The quantitative estimate of drug-likeness (QED) is 0.853. The van der Waals surface area contributed by atoms with E-state index in [0.717, 1.165) is 21.6 Å². The van der Waals surface area contributed by atoms with E-state index in [1.54, 1.807) is 11.8 Å². The van der Waals surface area contributed by atoms with Gasteiger partial charge in [-0.2, -0.15) is 0 Å². The molecule has 0 unspecified atom stereocenters. The summed E-state index contributed by atoms with van der Waals surface area (Å²) in [5.41, 5.74) is 2.69. The molecule has 0 saturated heterocycles. The average molecular weight is 306 g/mol. The second-order valence-corrected chi connectivity index (χ2v) is 5.81. The molecule has 104 valence electrons. The smallest absolute Gasteiger partial charge is 0.251 e. The zero-order valence-corrected chi connectivity index (χ0v) is 13.0. The highest BCUT2D eigenvalue weighted by molar-refractivity contribution is 7.98. The van der Waals surface area contributed by atoms with E-state index in [-0.39, 0.29) is 5.91 Å². The Kier molecular flexibility index (Phi) is 5.10. The molecule has 20 heavy (non-hydrogen) atoms. The van der Waals surface area contributed by atoms with Gasteiger partial charge >= 0.3 is 0 Å². The molecule has 2 aromatic rings. The second-order valence-electron chi connectivity index (χ2n) is 4.49. The molecule has 0 fully saturated rings. The van der Waals surface area contributed by atoms with Crippen molar-refractivity contribution in [2.75, 3.05) is 6.26 Å². The first-order valence-corrected chi connectivity index (χ1v) is 7.87. The fraction of sp³-hybridized carbons (Fsp3) is 0.188. The highest BCUT2D eigenvalue weighted by Crippen LogP contribution is 2.19. The van der Waals surface area contributed by atoms with Crippen molar-refractivity contribution in [1.29, 1.82) is 0 Å². The van der Waals surface area contributed by atoms with E-state index in [0.29, 0.717) is 11.6 Å². The molecule has 0 bridgehead atoms. The number of hydrogen-bond acceptors (Lipinski definition) is 2. The van der Waals surface area contributed by atoms with Gasteiger partial charge in [-0.05, 0) is 48.6 Å². The standard InChI is InChI=1S/C16H16ClNOS/c1-11-6-7-14(20-2)9-15(11)16(19)18-10-12-4-3-5-13(17)8-12/h3-9H,10H2,1-2H3,(H,18,19). The largest absolute Gasteiger partial charge is 0.348 e. The summed E-state index contributed by atoms with van der Waals surface area (Å²) < 4.78 is 0. The van der Waals surface area contributed by atoms with E-state index in [1.807, 2.05) is 55.6 Å². The van der Waals surface area contributed by atoms with Crippen molar-refractivity contribution in [2.24, 2.45) is 0 Å². The molecule has 2 rings (SSSR count). The molecule has 0 aliphatic rings. The molecular formula is C16H16ClNOS. The Balaban J connectivity index is 2.08. The predicted molar refractivity (Wildman–Crippen MR) is 85.6 cm³/mol. The Bertz CT molecular complexity index is 628. The lowest BCUT2D eigenvalue weighted by Gasteiger charge is -2.09. The zero-order valence-electron chi connectivity index (χ0n) is 11.4. The number of nitrogens with one attached hydrogen (secondary N) is 1. The van der Waals surface area contributed by atoms with Crippen LogP contribution in [-0.4, -0.2) is 12.2 Å². The number of thioether (sulfide) groups is 1. The van der Waals surface area contributed by atoms with Crippen LogP contribution in [0.3, 0.4) is 0 Å². The summed E-state index contributed by atoms with van der Waals surface area (Å²) in [5.74, 6) is -0.0571. The first kappa shape index (κ1) is 14.9. The van der Waals surface area contributed by atoms with Gasteiger partial charge in [0.1, 0.15) is 0 Å². The number of halogens is 1. The van der Waals surface area contributed by atoms with Crippen molar-refractivity contribution in [3.05, 3.63) is 64.2 Å². The van der Waals surface area contributed by atoms with E-state index in [4.69, 9.17) is 11.6 Å². The minimum absolute atomic E-state index is 0.0571. The van der Waals surface area contributed by atoms with Crippen LogP contribution < -0.4 is 5.32 Å². The van der Waals surface area contributed by atoms with Gasteiger partial charge in [0.05, 0.1) is 0 Å². The lowest BCUT2D eigenvalue weighted by Crippen LogP contribution is -2.23. The van der Waals surface area contributed by atoms with Gasteiger partial charge in [-0.25, -0.2) is 0 Å². The van der Waals surface area contributed by atoms with Crippen LogP contribution in [-0.2, 0) is 6.54 Å². The molecular weight excluding hydrogens is 290 g/mol. The van der Waals surface area contributed by atoms with Crippen LogP contribution in [0.4, 0.5) is 0 Å². The van der Waals surface area contributed by atoms with E-state index >= 15 is 0 Å². The Hall–Kier alpha value is -1.45. The van der Waals surface area contributed by atoms with Crippen molar-refractivity contribution in [1.82, 2.24) is 5.32 Å². The molecule has 4 heteroatoms.